The maximum atomic E-state index is 11.9. The topological polar surface area (TPSA) is 75.6 Å². The first-order valence-electron chi connectivity index (χ1n) is 9.29. The molecular formula is C23H26BrNO4. The standard InChI is InChI=1S/C23H26BrNO4/c1-15(22(27)28)25-21(26)12-7-17-13-19(24)10-11-20(17)29-14-16-5-8-18(9-6-16)23(2,3)4/h5-13,15H,14H2,1-4H3,(H,25,26)(H,27,28)/b12-7+/t15-/m1/s1. The fourth-order valence-electron chi connectivity index (χ4n) is 2.53. The molecule has 1 amide bonds. The lowest BCUT2D eigenvalue weighted by molar-refractivity contribution is -0.140. The molecule has 0 saturated heterocycles. The first kappa shape index (κ1) is 22.7. The van der Waals surface area contributed by atoms with Gasteiger partial charge >= 0.3 is 5.97 Å². The molecule has 0 radical (unpaired) electrons. The zero-order chi connectivity index (χ0) is 21.6. The molecule has 0 aliphatic carbocycles. The Labute approximate surface area is 179 Å². The van der Waals surface area contributed by atoms with Crippen LogP contribution in [0.15, 0.2) is 53.0 Å². The third-order valence-corrected chi connectivity index (χ3v) is 4.82. The van der Waals surface area contributed by atoms with Crippen LogP contribution in [0.4, 0.5) is 0 Å². The molecule has 0 aromatic heterocycles. The molecular weight excluding hydrogens is 434 g/mol. The van der Waals surface area contributed by atoms with E-state index >= 15 is 0 Å². The first-order chi connectivity index (χ1) is 13.6. The molecule has 2 aromatic rings. The molecule has 1 atom stereocenters. The summed E-state index contributed by atoms with van der Waals surface area (Å²) in [6.45, 7) is 8.33. The van der Waals surface area contributed by atoms with Crippen molar-refractivity contribution in [2.45, 2.75) is 45.8 Å². The Morgan fingerprint density at radius 2 is 1.83 bits per heavy atom. The smallest absolute Gasteiger partial charge is 0.325 e. The zero-order valence-electron chi connectivity index (χ0n) is 17.0. The monoisotopic (exact) mass is 459 g/mol. The van der Waals surface area contributed by atoms with E-state index in [2.05, 4.69) is 66.3 Å². The van der Waals surface area contributed by atoms with Crippen LogP contribution in [0.1, 0.15) is 44.4 Å². The zero-order valence-corrected chi connectivity index (χ0v) is 18.6. The summed E-state index contributed by atoms with van der Waals surface area (Å²) in [5.74, 6) is -0.942. The second-order valence-corrected chi connectivity index (χ2v) is 8.74. The molecule has 2 rings (SSSR count). The fraction of sp³-hybridized carbons (Fsp3) is 0.304. The number of hydrogen-bond donors (Lipinski definition) is 2. The summed E-state index contributed by atoms with van der Waals surface area (Å²) in [7, 11) is 0. The van der Waals surface area contributed by atoms with Gasteiger partial charge < -0.3 is 15.2 Å². The van der Waals surface area contributed by atoms with Crippen LogP contribution in [0.3, 0.4) is 0 Å². The largest absolute Gasteiger partial charge is 0.488 e. The highest BCUT2D eigenvalue weighted by atomic mass is 79.9. The number of hydrogen-bond acceptors (Lipinski definition) is 3. The van der Waals surface area contributed by atoms with Gasteiger partial charge in [-0.05, 0) is 47.7 Å². The maximum absolute atomic E-state index is 11.9. The highest BCUT2D eigenvalue weighted by molar-refractivity contribution is 9.10. The number of carboxylic acids is 1. The highest BCUT2D eigenvalue weighted by Gasteiger charge is 2.13. The molecule has 2 aromatic carbocycles. The second-order valence-electron chi connectivity index (χ2n) is 7.82. The predicted molar refractivity (Wildman–Crippen MR) is 118 cm³/mol. The van der Waals surface area contributed by atoms with Crippen LogP contribution in [0.2, 0.25) is 0 Å². The van der Waals surface area contributed by atoms with Gasteiger partial charge in [-0.25, -0.2) is 0 Å². The van der Waals surface area contributed by atoms with E-state index < -0.39 is 17.9 Å². The van der Waals surface area contributed by atoms with Crippen LogP contribution < -0.4 is 10.1 Å². The summed E-state index contributed by atoms with van der Waals surface area (Å²) in [5.41, 5.74) is 3.12. The molecule has 29 heavy (non-hydrogen) atoms. The van der Waals surface area contributed by atoms with Crippen molar-refractivity contribution in [3.8, 4) is 5.75 Å². The van der Waals surface area contributed by atoms with Gasteiger partial charge in [-0.2, -0.15) is 0 Å². The SMILES string of the molecule is C[C@@H](NC(=O)/C=C/c1cc(Br)ccc1OCc1ccc(C(C)(C)C)cc1)C(=O)O. The van der Waals surface area contributed by atoms with E-state index in [4.69, 9.17) is 9.84 Å². The summed E-state index contributed by atoms with van der Waals surface area (Å²) in [5, 5.41) is 11.3. The number of aliphatic carboxylic acids is 1. The van der Waals surface area contributed by atoms with E-state index in [1.165, 1.54) is 18.6 Å². The lowest BCUT2D eigenvalue weighted by atomic mass is 9.87. The number of carbonyl (C=O) groups is 2. The average Bonchev–Trinajstić information content (AvgIpc) is 2.65. The van der Waals surface area contributed by atoms with E-state index in [-0.39, 0.29) is 5.41 Å². The summed E-state index contributed by atoms with van der Waals surface area (Å²) >= 11 is 3.42. The summed E-state index contributed by atoms with van der Waals surface area (Å²) in [6, 6.07) is 12.9. The van der Waals surface area contributed by atoms with Crippen LogP contribution in [-0.2, 0) is 21.6 Å². The van der Waals surface area contributed by atoms with Crippen LogP contribution in [-0.4, -0.2) is 23.0 Å². The molecule has 0 heterocycles. The Bertz CT molecular complexity index is 898. The number of amides is 1. The van der Waals surface area contributed by atoms with Crippen molar-refractivity contribution in [3.05, 3.63) is 69.7 Å². The normalized spacial score (nSPS) is 12.6. The van der Waals surface area contributed by atoms with Gasteiger partial charge in [0.25, 0.3) is 0 Å². The van der Waals surface area contributed by atoms with E-state index in [0.717, 1.165) is 10.0 Å². The molecule has 0 aliphatic heterocycles. The van der Waals surface area contributed by atoms with E-state index in [1.54, 1.807) is 6.08 Å². The Kier molecular flexibility index (Phi) is 7.62. The molecule has 0 spiro atoms. The lowest BCUT2D eigenvalue weighted by Gasteiger charge is -2.19. The Morgan fingerprint density at radius 1 is 1.17 bits per heavy atom. The number of benzene rings is 2. The molecule has 6 heteroatoms. The van der Waals surface area contributed by atoms with Crippen molar-refractivity contribution in [2.75, 3.05) is 0 Å². The third-order valence-electron chi connectivity index (χ3n) is 4.33. The van der Waals surface area contributed by atoms with Crippen LogP contribution in [0, 0.1) is 0 Å². The van der Waals surface area contributed by atoms with Gasteiger partial charge in [-0.15, -0.1) is 0 Å². The summed E-state index contributed by atoms with van der Waals surface area (Å²) in [4.78, 5) is 22.7. The van der Waals surface area contributed by atoms with Gasteiger partial charge in [0.15, 0.2) is 0 Å². The van der Waals surface area contributed by atoms with Crippen molar-refractivity contribution < 1.29 is 19.4 Å². The molecule has 0 aliphatic rings. The van der Waals surface area contributed by atoms with Gasteiger partial charge in [0.05, 0.1) is 0 Å². The molecule has 5 nitrogen and oxygen atoms in total. The minimum atomic E-state index is -1.09. The molecule has 0 bridgehead atoms. The summed E-state index contributed by atoms with van der Waals surface area (Å²) < 4.78 is 6.80. The minimum Gasteiger partial charge on any atom is -0.488 e. The van der Waals surface area contributed by atoms with Gasteiger partial charge in [0, 0.05) is 16.1 Å². The molecule has 0 unspecified atom stereocenters. The van der Waals surface area contributed by atoms with Crippen molar-refractivity contribution in [2.24, 2.45) is 0 Å². The average molecular weight is 460 g/mol. The van der Waals surface area contributed by atoms with Crippen molar-refractivity contribution in [3.63, 3.8) is 0 Å². The maximum Gasteiger partial charge on any atom is 0.325 e. The molecule has 0 fully saturated rings. The van der Waals surface area contributed by atoms with Gasteiger partial charge in [-0.3, -0.25) is 9.59 Å². The molecule has 0 saturated carbocycles. The van der Waals surface area contributed by atoms with Crippen LogP contribution in [0.5, 0.6) is 5.75 Å². The van der Waals surface area contributed by atoms with E-state index in [9.17, 15) is 9.59 Å². The lowest BCUT2D eigenvalue weighted by Crippen LogP contribution is -2.37. The van der Waals surface area contributed by atoms with Gasteiger partial charge in [-0.1, -0.05) is 61.0 Å². The van der Waals surface area contributed by atoms with Gasteiger partial charge in [0.1, 0.15) is 18.4 Å². The quantitative estimate of drug-likeness (QED) is 0.575. The fourth-order valence-corrected chi connectivity index (χ4v) is 2.91. The van der Waals surface area contributed by atoms with Crippen molar-refractivity contribution in [1.82, 2.24) is 5.32 Å². The number of nitrogens with one attached hydrogen (secondary N) is 1. The number of rotatable bonds is 7. The van der Waals surface area contributed by atoms with Crippen LogP contribution >= 0.6 is 15.9 Å². The van der Waals surface area contributed by atoms with Crippen molar-refractivity contribution >= 4 is 33.9 Å². The Morgan fingerprint density at radius 3 is 2.41 bits per heavy atom. The number of ether oxygens (including phenoxy) is 1. The first-order valence-corrected chi connectivity index (χ1v) is 10.1. The number of carbonyl (C=O) groups excluding carboxylic acids is 1. The number of carboxylic acid groups (broad SMARTS) is 1. The van der Waals surface area contributed by atoms with Crippen molar-refractivity contribution in [1.29, 1.82) is 0 Å². The molecule has 154 valence electrons. The summed E-state index contributed by atoms with van der Waals surface area (Å²) in [6.07, 6.45) is 2.90. The third kappa shape index (κ3) is 7.06. The minimum absolute atomic E-state index is 0.0990. The number of halogens is 1. The van der Waals surface area contributed by atoms with Gasteiger partial charge in [0.2, 0.25) is 5.91 Å². The Hall–Kier alpha value is -2.60. The molecule has 2 N–H and O–H groups in total. The van der Waals surface area contributed by atoms with E-state index in [1.807, 2.05) is 18.2 Å². The second kappa shape index (κ2) is 9.74. The predicted octanol–water partition coefficient (Wildman–Crippen LogP) is 4.93. The van der Waals surface area contributed by atoms with Crippen LogP contribution in [0.25, 0.3) is 6.08 Å². The highest BCUT2D eigenvalue weighted by Crippen LogP contribution is 2.26. The Balaban J connectivity index is 2.09. The van der Waals surface area contributed by atoms with E-state index in [0.29, 0.717) is 17.9 Å².